The van der Waals surface area contributed by atoms with E-state index in [1.54, 1.807) is 0 Å². The van der Waals surface area contributed by atoms with Gasteiger partial charge >= 0.3 is 0 Å². The Morgan fingerprint density at radius 1 is 1.24 bits per heavy atom. The molecule has 2 aromatic rings. The van der Waals surface area contributed by atoms with E-state index >= 15 is 0 Å². The van der Waals surface area contributed by atoms with Gasteiger partial charge in [0.15, 0.2) is 0 Å². The molecule has 2 aliphatic heterocycles. The predicted octanol–water partition coefficient (Wildman–Crippen LogP) is 2.93. The van der Waals surface area contributed by atoms with Crippen LogP contribution in [0.15, 0.2) is 35.6 Å². The second kappa shape index (κ2) is 8.41. The van der Waals surface area contributed by atoms with Gasteiger partial charge in [0.2, 0.25) is 15.6 Å². The molecule has 2 aliphatic rings. The fraction of sp³-hybridized carbons (Fsp3) is 0.400. The van der Waals surface area contributed by atoms with Gasteiger partial charge in [0, 0.05) is 30.4 Å². The summed E-state index contributed by atoms with van der Waals surface area (Å²) in [4.78, 5) is 10.3. The van der Waals surface area contributed by atoms with E-state index in [2.05, 4.69) is 10.1 Å². The molecule has 0 aliphatic carbocycles. The van der Waals surface area contributed by atoms with Crippen molar-refractivity contribution >= 4 is 15.9 Å². The largest absolute Gasteiger partial charge is 0.378 e. The quantitative estimate of drug-likeness (QED) is 0.629. The zero-order valence-electron chi connectivity index (χ0n) is 17.5. The minimum atomic E-state index is -3.94. The smallest absolute Gasteiger partial charge is 0.282 e. The highest BCUT2D eigenvalue weighted by atomic mass is 32.2. The highest BCUT2D eigenvalue weighted by Crippen LogP contribution is 2.42. The Bertz CT molecular complexity index is 1240. The van der Waals surface area contributed by atoms with Crippen LogP contribution >= 0.6 is 0 Å². The SMILES string of the molecule is CS(=O)(=O)N[C@@H]1CN(C2=NOC(CF)(c3ncccc3-c3c(F)cc(F)cc3F)C2)CC1(F)F. The number of nitrogens with one attached hydrogen (secondary N) is 1. The molecule has 1 fully saturated rings. The van der Waals surface area contributed by atoms with Gasteiger partial charge in [-0.25, -0.2) is 39.5 Å². The van der Waals surface area contributed by atoms with Gasteiger partial charge in [0.05, 0.1) is 30.5 Å². The van der Waals surface area contributed by atoms with E-state index in [0.717, 1.165) is 11.2 Å². The molecule has 3 heterocycles. The molecular formula is C20H18F6N4O3S. The number of benzene rings is 1. The minimum Gasteiger partial charge on any atom is -0.378 e. The zero-order valence-corrected chi connectivity index (χ0v) is 18.4. The first-order chi connectivity index (χ1) is 15.8. The van der Waals surface area contributed by atoms with E-state index in [-0.39, 0.29) is 17.1 Å². The molecule has 0 radical (unpaired) electrons. The summed E-state index contributed by atoms with van der Waals surface area (Å²) in [6, 6.07) is 1.72. The Hall–Kier alpha value is -2.87. The first-order valence-electron chi connectivity index (χ1n) is 9.87. The third-order valence-electron chi connectivity index (χ3n) is 5.54. The monoisotopic (exact) mass is 508 g/mol. The molecule has 0 bridgehead atoms. The average molecular weight is 508 g/mol. The number of hydrogen-bond acceptors (Lipinski definition) is 6. The third kappa shape index (κ3) is 4.43. The number of aromatic nitrogens is 1. The molecule has 2 atom stereocenters. The van der Waals surface area contributed by atoms with Crippen LogP contribution in [0, 0.1) is 17.5 Å². The van der Waals surface area contributed by atoms with Crippen molar-refractivity contribution in [3.05, 3.63) is 53.6 Å². The Morgan fingerprint density at radius 3 is 2.53 bits per heavy atom. The van der Waals surface area contributed by atoms with Crippen LogP contribution in [0.1, 0.15) is 12.1 Å². The minimum absolute atomic E-state index is 0.119. The number of rotatable bonds is 5. The summed E-state index contributed by atoms with van der Waals surface area (Å²) in [5, 5.41) is 3.71. The number of hydrogen-bond donors (Lipinski definition) is 1. The molecule has 0 saturated carbocycles. The predicted molar refractivity (Wildman–Crippen MR) is 109 cm³/mol. The van der Waals surface area contributed by atoms with Crippen molar-refractivity contribution in [2.75, 3.05) is 26.0 Å². The summed E-state index contributed by atoms with van der Waals surface area (Å²) in [6.45, 7) is -2.67. The lowest BCUT2D eigenvalue weighted by molar-refractivity contribution is -0.0434. The maximum absolute atomic E-state index is 14.5. The van der Waals surface area contributed by atoms with Crippen molar-refractivity contribution in [3.8, 4) is 11.1 Å². The molecule has 7 nitrogen and oxygen atoms in total. The van der Waals surface area contributed by atoms with Crippen LogP contribution in [0.2, 0.25) is 0 Å². The van der Waals surface area contributed by atoms with Crippen LogP contribution in [0.25, 0.3) is 11.1 Å². The van der Waals surface area contributed by atoms with Gasteiger partial charge in [-0.3, -0.25) is 4.98 Å². The molecule has 1 N–H and O–H groups in total. The average Bonchev–Trinajstić information content (AvgIpc) is 3.28. The Labute approximate surface area is 190 Å². The Balaban J connectivity index is 1.66. The van der Waals surface area contributed by atoms with E-state index in [9.17, 15) is 34.8 Å². The molecule has 0 spiro atoms. The van der Waals surface area contributed by atoms with Crippen LogP contribution in [0.4, 0.5) is 26.3 Å². The van der Waals surface area contributed by atoms with E-state index in [0.29, 0.717) is 12.1 Å². The summed E-state index contributed by atoms with van der Waals surface area (Å²) in [5.74, 6) is -7.24. The second-order valence-electron chi connectivity index (χ2n) is 8.13. The van der Waals surface area contributed by atoms with Crippen LogP contribution in [0.3, 0.4) is 0 Å². The number of nitrogens with zero attached hydrogens (tertiary/aromatic N) is 3. The number of sulfonamides is 1. The molecule has 1 saturated heterocycles. The number of amidine groups is 1. The number of halogens is 6. The van der Waals surface area contributed by atoms with E-state index in [1.165, 1.54) is 18.3 Å². The maximum Gasteiger partial charge on any atom is 0.282 e. The van der Waals surface area contributed by atoms with Gasteiger partial charge in [-0.05, 0) is 6.07 Å². The lowest BCUT2D eigenvalue weighted by Crippen LogP contribution is -2.46. The van der Waals surface area contributed by atoms with Crippen molar-refractivity contribution in [3.63, 3.8) is 0 Å². The summed E-state index contributed by atoms with van der Waals surface area (Å²) in [6.07, 6.45) is 1.53. The highest BCUT2D eigenvalue weighted by molar-refractivity contribution is 7.88. The standard InChI is InChI=1S/C20H18F6N4O3S/c1-34(31,32)29-15-8-30(10-20(15,25)26)16-7-19(9-21,33-28-16)18-12(3-2-4-27-18)17-13(23)5-11(22)6-14(17)24/h2-6,15,29H,7-10H2,1H3/t15-,19?/m1/s1. The van der Waals surface area contributed by atoms with Crippen molar-refractivity contribution in [1.29, 1.82) is 0 Å². The molecule has 14 heteroatoms. The number of alkyl halides is 3. The second-order valence-corrected chi connectivity index (χ2v) is 9.91. The van der Waals surface area contributed by atoms with Gasteiger partial charge in [0.25, 0.3) is 5.92 Å². The molecule has 34 heavy (non-hydrogen) atoms. The van der Waals surface area contributed by atoms with Crippen LogP contribution in [-0.4, -0.2) is 62.1 Å². The lowest BCUT2D eigenvalue weighted by Gasteiger charge is -2.26. The van der Waals surface area contributed by atoms with Crippen LogP contribution in [0.5, 0.6) is 0 Å². The van der Waals surface area contributed by atoms with Crippen LogP contribution in [-0.2, 0) is 20.5 Å². The van der Waals surface area contributed by atoms with Crippen molar-refractivity contribution in [2.24, 2.45) is 5.16 Å². The van der Waals surface area contributed by atoms with Crippen LogP contribution < -0.4 is 4.72 Å². The van der Waals surface area contributed by atoms with Gasteiger partial charge in [-0.1, -0.05) is 11.2 Å². The highest BCUT2D eigenvalue weighted by Gasteiger charge is 2.53. The van der Waals surface area contributed by atoms with Crippen molar-refractivity contribution in [2.45, 2.75) is 24.0 Å². The lowest BCUT2D eigenvalue weighted by atomic mass is 9.89. The Kier molecular flexibility index (Phi) is 6.00. The van der Waals surface area contributed by atoms with Gasteiger partial charge in [-0.2, -0.15) is 0 Å². The molecule has 1 unspecified atom stereocenters. The number of pyridine rings is 1. The molecule has 0 amide bonds. The first kappa shape index (κ1) is 24.3. The molecular weight excluding hydrogens is 490 g/mol. The van der Waals surface area contributed by atoms with E-state index in [1.807, 2.05) is 4.72 Å². The van der Waals surface area contributed by atoms with Crippen molar-refractivity contribution in [1.82, 2.24) is 14.6 Å². The zero-order chi connectivity index (χ0) is 24.9. The van der Waals surface area contributed by atoms with Gasteiger partial charge < -0.3 is 9.74 Å². The summed E-state index contributed by atoms with van der Waals surface area (Å²) < 4.78 is 110. The number of likely N-dealkylation sites (tertiary alicyclic amines) is 1. The topological polar surface area (TPSA) is 83.9 Å². The third-order valence-corrected chi connectivity index (χ3v) is 6.25. The molecule has 1 aromatic heterocycles. The fourth-order valence-electron chi connectivity index (χ4n) is 4.02. The van der Waals surface area contributed by atoms with E-state index < -0.39 is 76.8 Å². The summed E-state index contributed by atoms with van der Waals surface area (Å²) >= 11 is 0. The normalized spacial score (nSPS) is 24.3. The number of oxime groups is 1. The van der Waals surface area contributed by atoms with Gasteiger partial charge in [0.1, 0.15) is 36.0 Å². The molecule has 4 rings (SSSR count). The molecule has 184 valence electrons. The summed E-state index contributed by atoms with van der Waals surface area (Å²) in [5.41, 5.74) is -3.16. The van der Waals surface area contributed by atoms with Crippen molar-refractivity contribution < 1.29 is 39.6 Å². The Morgan fingerprint density at radius 2 is 1.91 bits per heavy atom. The fourth-order valence-corrected chi connectivity index (χ4v) is 4.79. The summed E-state index contributed by atoms with van der Waals surface area (Å²) in [7, 11) is -3.94. The van der Waals surface area contributed by atoms with Gasteiger partial charge in [-0.15, -0.1) is 0 Å². The maximum atomic E-state index is 14.5. The molecule has 1 aromatic carbocycles. The van der Waals surface area contributed by atoms with E-state index in [4.69, 9.17) is 4.84 Å². The first-order valence-corrected chi connectivity index (χ1v) is 11.8.